The largest absolute Gasteiger partial charge is 0.419 e. The molecule has 124 valence electrons. The van der Waals surface area contributed by atoms with Crippen LogP contribution >= 0.6 is 11.6 Å². The van der Waals surface area contributed by atoms with Gasteiger partial charge in [-0.2, -0.15) is 4.98 Å². The first-order valence-corrected chi connectivity index (χ1v) is 9.19. The van der Waals surface area contributed by atoms with Crippen molar-refractivity contribution in [1.82, 2.24) is 4.98 Å². The zero-order chi connectivity index (χ0) is 17.2. The Kier molecular flexibility index (Phi) is 4.59. The highest BCUT2D eigenvalue weighted by Gasteiger charge is 2.28. The van der Waals surface area contributed by atoms with Gasteiger partial charge in [0, 0.05) is 17.1 Å². The number of hydrogen-bond donors (Lipinski definition) is 1. The molecule has 0 saturated carbocycles. The summed E-state index contributed by atoms with van der Waals surface area (Å²) in [4.78, 5) is 4.33. The van der Waals surface area contributed by atoms with Crippen molar-refractivity contribution in [3.8, 4) is 11.5 Å². The molecule has 0 aliphatic carbocycles. The third-order valence-electron chi connectivity index (χ3n) is 3.33. The average Bonchev–Trinajstić information content (AvgIpc) is 3.01. The minimum Gasteiger partial charge on any atom is -0.419 e. The van der Waals surface area contributed by atoms with E-state index in [1.807, 2.05) is 25.1 Å². The van der Waals surface area contributed by atoms with Gasteiger partial charge in [0.25, 0.3) is 0 Å². The third kappa shape index (κ3) is 3.16. The van der Waals surface area contributed by atoms with E-state index >= 15 is 0 Å². The summed E-state index contributed by atoms with van der Waals surface area (Å²) in [6, 6.07) is 15.1. The molecule has 2 aromatic carbocycles. The van der Waals surface area contributed by atoms with Crippen LogP contribution < -0.4 is 5.32 Å². The Hall–Kier alpha value is -2.31. The monoisotopic (exact) mass is 362 g/mol. The molecule has 0 amide bonds. The summed E-state index contributed by atoms with van der Waals surface area (Å²) in [5, 5.41) is 3.25. The number of oxazole rings is 1. The van der Waals surface area contributed by atoms with E-state index in [1.54, 1.807) is 12.1 Å². The fourth-order valence-corrected chi connectivity index (χ4v) is 3.59. The Labute approximate surface area is 145 Å². The maximum atomic E-state index is 12.9. The Morgan fingerprint density at radius 3 is 2.38 bits per heavy atom. The van der Waals surface area contributed by atoms with Crippen molar-refractivity contribution in [2.45, 2.75) is 16.8 Å². The molecule has 5 nitrogen and oxygen atoms in total. The Morgan fingerprint density at radius 2 is 1.75 bits per heavy atom. The molecule has 3 aromatic rings. The first-order valence-electron chi connectivity index (χ1n) is 7.33. The van der Waals surface area contributed by atoms with Crippen molar-refractivity contribution in [3.63, 3.8) is 0 Å². The van der Waals surface area contributed by atoms with Crippen LogP contribution in [0.3, 0.4) is 0 Å². The lowest BCUT2D eigenvalue weighted by atomic mass is 10.2. The lowest BCUT2D eigenvalue weighted by molar-refractivity contribution is 0.578. The smallest absolute Gasteiger partial charge is 0.233 e. The number of aromatic nitrogens is 1. The van der Waals surface area contributed by atoms with Gasteiger partial charge in [0.2, 0.25) is 26.6 Å². The van der Waals surface area contributed by atoms with Crippen molar-refractivity contribution in [1.29, 1.82) is 0 Å². The van der Waals surface area contributed by atoms with Gasteiger partial charge in [0.15, 0.2) is 0 Å². The second kappa shape index (κ2) is 6.67. The highest BCUT2D eigenvalue weighted by molar-refractivity contribution is 7.91. The van der Waals surface area contributed by atoms with Crippen molar-refractivity contribution in [3.05, 3.63) is 59.6 Å². The maximum Gasteiger partial charge on any atom is 0.233 e. The summed E-state index contributed by atoms with van der Waals surface area (Å²) >= 11 is 5.83. The van der Waals surface area contributed by atoms with Gasteiger partial charge in [-0.15, -0.1) is 0 Å². The zero-order valence-electron chi connectivity index (χ0n) is 12.9. The van der Waals surface area contributed by atoms with Crippen LogP contribution in [-0.2, 0) is 9.84 Å². The topological polar surface area (TPSA) is 72.2 Å². The molecular weight excluding hydrogens is 348 g/mol. The molecule has 0 aliphatic rings. The van der Waals surface area contributed by atoms with Gasteiger partial charge in [-0.05, 0) is 43.3 Å². The van der Waals surface area contributed by atoms with E-state index in [0.29, 0.717) is 17.1 Å². The molecule has 0 saturated heterocycles. The molecule has 0 fully saturated rings. The number of anilines is 1. The first-order chi connectivity index (χ1) is 11.5. The highest BCUT2D eigenvalue weighted by atomic mass is 35.5. The second-order valence-electron chi connectivity index (χ2n) is 5.01. The van der Waals surface area contributed by atoms with Gasteiger partial charge in [0.05, 0.1) is 4.90 Å². The van der Waals surface area contributed by atoms with E-state index in [9.17, 15) is 8.42 Å². The molecule has 0 atom stereocenters. The normalized spacial score (nSPS) is 11.4. The number of hydrogen-bond acceptors (Lipinski definition) is 5. The van der Waals surface area contributed by atoms with Crippen molar-refractivity contribution in [2.24, 2.45) is 0 Å². The van der Waals surface area contributed by atoms with Gasteiger partial charge in [-0.1, -0.05) is 29.8 Å². The van der Waals surface area contributed by atoms with Crippen LogP contribution in [0.1, 0.15) is 6.92 Å². The zero-order valence-corrected chi connectivity index (χ0v) is 14.4. The number of nitrogens with one attached hydrogen (secondary N) is 1. The standard InChI is InChI=1S/C17H15ClN2O3S/c1-2-19-16-17(20-15(23-16)12-6-4-3-5-7-12)24(21,22)14-10-8-13(18)9-11-14/h3-11,19H,2H2,1H3. The average molecular weight is 363 g/mol. The lowest BCUT2D eigenvalue weighted by Gasteiger charge is -2.04. The van der Waals surface area contributed by atoms with E-state index in [2.05, 4.69) is 10.3 Å². The summed E-state index contributed by atoms with van der Waals surface area (Å²) < 4.78 is 31.4. The van der Waals surface area contributed by atoms with E-state index in [0.717, 1.165) is 0 Å². The minimum atomic E-state index is -3.82. The summed E-state index contributed by atoms with van der Waals surface area (Å²) in [5.41, 5.74) is 0.703. The number of halogens is 1. The summed E-state index contributed by atoms with van der Waals surface area (Å²) in [7, 11) is -3.82. The predicted molar refractivity (Wildman–Crippen MR) is 93.0 cm³/mol. The molecule has 1 heterocycles. The molecule has 0 spiro atoms. The van der Waals surface area contributed by atoms with Gasteiger partial charge in [-0.25, -0.2) is 8.42 Å². The minimum absolute atomic E-state index is 0.110. The predicted octanol–water partition coefficient (Wildman–Crippen LogP) is 4.26. The second-order valence-corrected chi connectivity index (χ2v) is 7.31. The maximum absolute atomic E-state index is 12.9. The van der Waals surface area contributed by atoms with Crippen molar-refractivity contribution >= 4 is 27.3 Å². The van der Waals surface area contributed by atoms with E-state index in [-0.39, 0.29) is 21.7 Å². The SMILES string of the molecule is CCNc1oc(-c2ccccc2)nc1S(=O)(=O)c1ccc(Cl)cc1. The summed E-state index contributed by atoms with van der Waals surface area (Å²) in [5.74, 6) is 0.380. The van der Waals surface area contributed by atoms with Crippen LogP contribution in [0.5, 0.6) is 0 Å². The lowest BCUT2D eigenvalue weighted by Crippen LogP contribution is -2.07. The van der Waals surface area contributed by atoms with Gasteiger partial charge >= 0.3 is 0 Å². The first kappa shape index (κ1) is 16.5. The molecule has 24 heavy (non-hydrogen) atoms. The van der Waals surface area contributed by atoms with Crippen LogP contribution in [-0.4, -0.2) is 19.9 Å². The molecule has 3 rings (SSSR count). The van der Waals surface area contributed by atoms with Crippen molar-refractivity contribution in [2.75, 3.05) is 11.9 Å². The Bertz CT molecular complexity index is 936. The number of benzene rings is 2. The van der Waals surface area contributed by atoms with Crippen LogP contribution in [0, 0.1) is 0 Å². The highest BCUT2D eigenvalue weighted by Crippen LogP contribution is 2.32. The molecule has 0 radical (unpaired) electrons. The van der Waals surface area contributed by atoms with Gasteiger partial charge < -0.3 is 9.73 Å². The number of sulfone groups is 1. The molecule has 0 unspecified atom stereocenters. The van der Waals surface area contributed by atoms with Gasteiger partial charge in [-0.3, -0.25) is 0 Å². The number of nitrogens with zero attached hydrogens (tertiary/aromatic N) is 1. The molecule has 1 N–H and O–H groups in total. The molecule has 0 aliphatic heterocycles. The Morgan fingerprint density at radius 1 is 1.08 bits per heavy atom. The van der Waals surface area contributed by atoms with E-state index in [4.69, 9.17) is 16.0 Å². The summed E-state index contributed by atoms with van der Waals surface area (Å²) in [6.45, 7) is 2.36. The van der Waals surface area contributed by atoms with Crippen molar-refractivity contribution < 1.29 is 12.8 Å². The van der Waals surface area contributed by atoms with Crippen LogP contribution in [0.15, 0.2) is 68.9 Å². The third-order valence-corrected chi connectivity index (χ3v) is 5.26. The van der Waals surface area contributed by atoms with Gasteiger partial charge in [0.1, 0.15) is 0 Å². The molecule has 1 aromatic heterocycles. The number of rotatable bonds is 5. The fraction of sp³-hybridized carbons (Fsp3) is 0.118. The fourth-order valence-electron chi connectivity index (χ4n) is 2.19. The van der Waals surface area contributed by atoms with E-state index in [1.165, 1.54) is 24.3 Å². The summed E-state index contributed by atoms with van der Waals surface area (Å²) in [6.07, 6.45) is 0. The Balaban J connectivity index is 2.12. The van der Waals surface area contributed by atoms with Crippen LogP contribution in [0.25, 0.3) is 11.5 Å². The van der Waals surface area contributed by atoms with E-state index < -0.39 is 9.84 Å². The quantitative estimate of drug-likeness (QED) is 0.734. The van der Waals surface area contributed by atoms with Crippen LogP contribution in [0.4, 0.5) is 5.88 Å². The molecular formula is C17H15ClN2O3S. The molecule has 0 bridgehead atoms. The molecule has 7 heteroatoms. The van der Waals surface area contributed by atoms with Crippen LogP contribution in [0.2, 0.25) is 5.02 Å².